The summed E-state index contributed by atoms with van der Waals surface area (Å²) in [5, 5.41) is 9.51. The van der Waals surface area contributed by atoms with Crippen LogP contribution in [0, 0.1) is 0 Å². The summed E-state index contributed by atoms with van der Waals surface area (Å²) in [4.78, 5) is 2.05. The van der Waals surface area contributed by atoms with Gasteiger partial charge in [-0.1, -0.05) is 6.07 Å². The van der Waals surface area contributed by atoms with Crippen LogP contribution in [0.3, 0.4) is 0 Å². The third-order valence-electron chi connectivity index (χ3n) is 3.30. The fraction of sp³-hybridized carbons (Fsp3) is 0.286. The van der Waals surface area contributed by atoms with Crippen LogP contribution in [-0.2, 0) is 16.4 Å². The summed E-state index contributed by atoms with van der Waals surface area (Å²) in [6.07, 6.45) is 0.0715. The molecule has 3 rings (SSSR count). The highest BCUT2D eigenvalue weighted by Gasteiger charge is 2.19. The van der Waals surface area contributed by atoms with Crippen LogP contribution < -0.4 is 4.72 Å². The van der Waals surface area contributed by atoms with Crippen LogP contribution in [0.4, 0.5) is 0 Å². The maximum absolute atomic E-state index is 12.4. The Labute approximate surface area is 142 Å². The Hall–Kier alpha value is -1.39. The van der Waals surface area contributed by atoms with E-state index in [2.05, 4.69) is 13.5 Å². The molecule has 0 saturated heterocycles. The van der Waals surface area contributed by atoms with E-state index in [1.165, 1.54) is 17.4 Å². The molecule has 0 aliphatic rings. The Kier molecular flexibility index (Phi) is 4.74. The predicted octanol–water partition coefficient (Wildman–Crippen LogP) is 2.33. The lowest BCUT2D eigenvalue weighted by atomic mass is 10.3. The first-order chi connectivity index (χ1) is 11.0. The molecule has 0 spiro atoms. The summed E-state index contributed by atoms with van der Waals surface area (Å²) >= 11 is 2.48. The van der Waals surface area contributed by atoms with E-state index < -0.39 is 16.1 Å². The SMILES string of the molecule is C[C@H](O)c1ccc(CCNS(=O)(=O)c2cccc3nsnc23)s1. The van der Waals surface area contributed by atoms with E-state index in [1.807, 2.05) is 12.1 Å². The molecule has 1 atom stereocenters. The fourth-order valence-corrected chi connectivity index (χ4v) is 4.88. The maximum atomic E-state index is 12.4. The average Bonchev–Trinajstić information content (AvgIpc) is 3.15. The first kappa shape index (κ1) is 16.5. The second kappa shape index (κ2) is 6.62. The van der Waals surface area contributed by atoms with Gasteiger partial charge in [-0.3, -0.25) is 0 Å². The van der Waals surface area contributed by atoms with Crippen molar-refractivity contribution in [2.24, 2.45) is 0 Å². The highest BCUT2D eigenvalue weighted by Crippen LogP contribution is 2.24. The van der Waals surface area contributed by atoms with Crippen LogP contribution in [0.5, 0.6) is 0 Å². The van der Waals surface area contributed by atoms with Gasteiger partial charge in [0.1, 0.15) is 15.9 Å². The molecule has 2 aromatic heterocycles. The molecule has 6 nitrogen and oxygen atoms in total. The zero-order valence-electron chi connectivity index (χ0n) is 12.3. The van der Waals surface area contributed by atoms with E-state index in [-0.39, 0.29) is 11.4 Å². The number of hydrogen-bond donors (Lipinski definition) is 2. The number of nitrogens with one attached hydrogen (secondary N) is 1. The van der Waals surface area contributed by atoms with Crippen molar-refractivity contribution in [1.29, 1.82) is 0 Å². The van der Waals surface area contributed by atoms with Crippen molar-refractivity contribution in [1.82, 2.24) is 13.5 Å². The lowest BCUT2D eigenvalue weighted by Crippen LogP contribution is -2.26. The van der Waals surface area contributed by atoms with E-state index >= 15 is 0 Å². The third kappa shape index (κ3) is 3.59. The number of benzene rings is 1. The van der Waals surface area contributed by atoms with Crippen molar-refractivity contribution in [3.63, 3.8) is 0 Å². The van der Waals surface area contributed by atoms with Gasteiger partial charge in [0, 0.05) is 16.3 Å². The van der Waals surface area contributed by atoms with Crippen LogP contribution in [-0.4, -0.2) is 28.8 Å². The zero-order chi connectivity index (χ0) is 16.4. The van der Waals surface area contributed by atoms with Crippen LogP contribution >= 0.6 is 23.1 Å². The minimum Gasteiger partial charge on any atom is -0.388 e. The number of nitrogens with zero attached hydrogens (tertiary/aromatic N) is 2. The fourth-order valence-electron chi connectivity index (χ4n) is 2.14. The average molecular weight is 369 g/mol. The molecule has 0 bridgehead atoms. The molecular weight excluding hydrogens is 354 g/mol. The zero-order valence-corrected chi connectivity index (χ0v) is 14.7. The van der Waals surface area contributed by atoms with E-state index in [4.69, 9.17) is 0 Å². The number of aliphatic hydroxyl groups excluding tert-OH is 1. The molecule has 9 heteroatoms. The minimum atomic E-state index is -3.63. The Bertz CT molecular complexity index is 915. The highest BCUT2D eigenvalue weighted by atomic mass is 32.2. The maximum Gasteiger partial charge on any atom is 0.242 e. The first-order valence-corrected chi connectivity index (χ1v) is 9.98. The third-order valence-corrected chi connectivity index (χ3v) is 6.65. The summed E-state index contributed by atoms with van der Waals surface area (Å²) < 4.78 is 35.6. The number of thiophene rings is 1. The molecule has 23 heavy (non-hydrogen) atoms. The highest BCUT2D eigenvalue weighted by molar-refractivity contribution is 7.89. The molecule has 0 fully saturated rings. The van der Waals surface area contributed by atoms with Gasteiger partial charge in [0.05, 0.1) is 17.8 Å². The van der Waals surface area contributed by atoms with Crippen LogP contribution in [0.25, 0.3) is 11.0 Å². The van der Waals surface area contributed by atoms with Gasteiger partial charge in [-0.15, -0.1) is 11.3 Å². The molecule has 0 aliphatic carbocycles. The quantitative estimate of drug-likeness (QED) is 0.696. The summed E-state index contributed by atoms with van der Waals surface area (Å²) in [6, 6.07) is 8.70. The van der Waals surface area contributed by atoms with Gasteiger partial charge in [-0.2, -0.15) is 8.75 Å². The standard InChI is InChI=1S/C14H15N3O3S3/c1-9(18)12-6-5-10(21-12)7-8-15-23(19,20)13-4-2-3-11-14(13)17-22-16-11/h2-6,9,15,18H,7-8H2,1H3/t9-/m0/s1. The molecule has 0 saturated carbocycles. The predicted molar refractivity (Wildman–Crippen MR) is 91.3 cm³/mol. The molecule has 1 aromatic carbocycles. The molecule has 0 unspecified atom stereocenters. The van der Waals surface area contributed by atoms with E-state index in [0.717, 1.165) is 21.5 Å². The topological polar surface area (TPSA) is 92.2 Å². The summed E-state index contributed by atoms with van der Waals surface area (Å²) in [5.41, 5.74) is 0.982. The second-order valence-corrected chi connectivity index (χ2v) is 8.48. The van der Waals surface area contributed by atoms with Gasteiger partial charge >= 0.3 is 0 Å². The van der Waals surface area contributed by atoms with Gasteiger partial charge in [0.15, 0.2) is 0 Å². The van der Waals surface area contributed by atoms with E-state index in [0.29, 0.717) is 17.5 Å². The number of sulfonamides is 1. The molecule has 0 amide bonds. The number of aliphatic hydroxyl groups is 1. The Morgan fingerprint density at radius 2 is 2.09 bits per heavy atom. The Morgan fingerprint density at radius 3 is 2.83 bits per heavy atom. The second-order valence-electron chi connectivity index (χ2n) is 5.02. The van der Waals surface area contributed by atoms with Crippen LogP contribution in [0.1, 0.15) is 22.8 Å². The Balaban J connectivity index is 1.70. The monoisotopic (exact) mass is 369 g/mol. The smallest absolute Gasteiger partial charge is 0.242 e. The first-order valence-electron chi connectivity index (χ1n) is 6.95. The van der Waals surface area contributed by atoms with Gasteiger partial charge < -0.3 is 5.11 Å². The van der Waals surface area contributed by atoms with Crippen molar-refractivity contribution >= 4 is 44.1 Å². The summed E-state index contributed by atoms with van der Waals surface area (Å²) in [7, 11) is -3.63. The largest absolute Gasteiger partial charge is 0.388 e. The van der Waals surface area contributed by atoms with Crippen LogP contribution in [0.15, 0.2) is 35.2 Å². The molecular formula is C14H15N3O3S3. The van der Waals surface area contributed by atoms with Gasteiger partial charge in [-0.25, -0.2) is 13.1 Å². The molecule has 0 radical (unpaired) electrons. The summed E-state index contributed by atoms with van der Waals surface area (Å²) in [5.74, 6) is 0. The van der Waals surface area contributed by atoms with Crippen molar-refractivity contribution in [2.45, 2.75) is 24.3 Å². The van der Waals surface area contributed by atoms with Crippen molar-refractivity contribution in [3.8, 4) is 0 Å². The number of rotatable bonds is 6. The Morgan fingerprint density at radius 1 is 1.26 bits per heavy atom. The van der Waals surface area contributed by atoms with Crippen molar-refractivity contribution in [3.05, 3.63) is 40.1 Å². The molecule has 2 heterocycles. The van der Waals surface area contributed by atoms with E-state index in [1.54, 1.807) is 19.1 Å². The molecule has 3 aromatic rings. The normalized spacial score (nSPS) is 13.5. The van der Waals surface area contributed by atoms with Gasteiger partial charge in [0.2, 0.25) is 10.0 Å². The van der Waals surface area contributed by atoms with Gasteiger partial charge in [-0.05, 0) is 37.6 Å². The minimum absolute atomic E-state index is 0.152. The van der Waals surface area contributed by atoms with Crippen LogP contribution in [0.2, 0.25) is 0 Å². The number of hydrogen-bond acceptors (Lipinski definition) is 7. The number of aromatic nitrogens is 2. The lowest BCUT2D eigenvalue weighted by Gasteiger charge is -2.06. The summed E-state index contributed by atoms with van der Waals surface area (Å²) in [6.45, 7) is 2.00. The lowest BCUT2D eigenvalue weighted by molar-refractivity contribution is 0.203. The molecule has 2 N–H and O–H groups in total. The number of fused-ring (bicyclic) bond motifs is 1. The van der Waals surface area contributed by atoms with E-state index in [9.17, 15) is 13.5 Å². The van der Waals surface area contributed by atoms with Crippen molar-refractivity contribution < 1.29 is 13.5 Å². The molecule has 0 aliphatic heterocycles. The molecule has 122 valence electrons. The van der Waals surface area contributed by atoms with Crippen molar-refractivity contribution in [2.75, 3.05) is 6.54 Å². The van der Waals surface area contributed by atoms with Gasteiger partial charge in [0.25, 0.3) is 0 Å².